The highest BCUT2D eigenvalue weighted by Gasteiger charge is 2.24. The van der Waals surface area contributed by atoms with Crippen LogP contribution in [0.15, 0.2) is 22.1 Å². The summed E-state index contributed by atoms with van der Waals surface area (Å²) in [7, 11) is 2.11. The van der Waals surface area contributed by atoms with E-state index in [4.69, 9.17) is 9.52 Å². The zero-order valence-electron chi connectivity index (χ0n) is 10.9. The van der Waals surface area contributed by atoms with Crippen molar-refractivity contribution in [3.05, 3.63) is 28.3 Å². The minimum Gasteiger partial charge on any atom is -0.478 e. The minimum absolute atomic E-state index is 0.153. The van der Waals surface area contributed by atoms with E-state index >= 15 is 0 Å². The Morgan fingerprint density at radius 3 is 3.15 bits per heavy atom. The van der Waals surface area contributed by atoms with Gasteiger partial charge < -0.3 is 9.52 Å². The summed E-state index contributed by atoms with van der Waals surface area (Å²) in [6, 6.07) is 1.85. The highest BCUT2D eigenvalue weighted by Crippen LogP contribution is 2.33. The third-order valence-corrected chi connectivity index (χ3v) is 5.27. The predicted octanol–water partition coefficient (Wildman–Crippen LogP) is 2.82. The molecule has 1 fully saturated rings. The number of thioether (sulfide) groups is 1. The maximum Gasteiger partial charge on any atom is 0.338 e. The largest absolute Gasteiger partial charge is 0.478 e. The molecule has 2 aromatic heterocycles. The Bertz CT molecular complexity index is 623. The van der Waals surface area contributed by atoms with E-state index in [2.05, 4.69) is 16.9 Å². The van der Waals surface area contributed by atoms with E-state index in [1.807, 2.05) is 17.1 Å². The van der Waals surface area contributed by atoms with Crippen molar-refractivity contribution in [3.8, 4) is 11.5 Å². The van der Waals surface area contributed by atoms with Crippen LogP contribution in [-0.2, 0) is 0 Å². The molecule has 1 unspecified atom stereocenters. The topological polar surface area (TPSA) is 66.6 Å². The average molecular weight is 310 g/mol. The molecule has 1 saturated heterocycles. The third kappa shape index (κ3) is 2.61. The lowest BCUT2D eigenvalue weighted by molar-refractivity contribution is 0.0696. The van der Waals surface area contributed by atoms with E-state index in [0.29, 0.717) is 17.5 Å². The molecule has 20 heavy (non-hydrogen) atoms. The van der Waals surface area contributed by atoms with Gasteiger partial charge >= 0.3 is 5.97 Å². The summed E-state index contributed by atoms with van der Waals surface area (Å²) in [5.74, 6) is 1.72. The lowest BCUT2D eigenvalue weighted by atomic mass is 10.2. The van der Waals surface area contributed by atoms with Crippen molar-refractivity contribution < 1.29 is 14.3 Å². The first kappa shape index (κ1) is 13.7. The predicted molar refractivity (Wildman–Crippen MR) is 79.5 cm³/mol. The zero-order chi connectivity index (χ0) is 14.1. The number of rotatable bonds is 3. The summed E-state index contributed by atoms with van der Waals surface area (Å²) < 4.78 is 5.28. The smallest absolute Gasteiger partial charge is 0.338 e. The van der Waals surface area contributed by atoms with Crippen molar-refractivity contribution in [2.75, 3.05) is 25.1 Å². The van der Waals surface area contributed by atoms with Crippen molar-refractivity contribution in [2.24, 2.45) is 0 Å². The Hall–Kier alpha value is -1.31. The number of hydrogen-bond donors (Lipinski definition) is 1. The van der Waals surface area contributed by atoms with Gasteiger partial charge in [0.2, 0.25) is 0 Å². The van der Waals surface area contributed by atoms with Crippen molar-refractivity contribution in [1.29, 1.82) is 0 Å². The van der Waals surface area contributed by atoms with E-state index in [9.17, 15) is 4.79 Å². The molecule has 106 valence electrons. The first-order chi connectivity index (χ1) is 9.65. The molecule has 2 aromatic rings. The summed E-state index contributed by atoms with van der Waals surface area (Å²) in [4.78, 5) is 17.8. The normalized spacial score (nSPS) is 20.1. The summed E-state index contributed by atoms with van der Waals surface area (Å²) in [6.07, 6.45) is 1.25. The Morgan fingerprint density at radius 2 is 2.45 bits per heavy atom. The van der Waals surface area contributed by atoms with Crippen LogP contribution in [0.25, 0.3) is 11.5 Å². The van der Waals surface area contributed by atoms with Crippen LogP contribution >= 0.6 is 23.1 Å². The minimum atomic E-state index is -0.987. The average Bonchev–Trinajstić information content (AvgIpc) is 3.08. The van der Waals surface area contributed by atoms with Gasteiger partial charge in [-0.25, -0.2) is 9.78 Å². The molecule has 0 bridgehead atoms. The second-order valence-electron chi connectivity index (χ2n) is 4.65. The standard InChI is InChI=1S/C13H14N2O3S2/c1-15-2-3-19-7-10(15)12-14-9(6-20-12)11-4-8(5-18-11)13(16)17/h4-6,10H,2-3,7H2,1H3,(H,16,17). The Balaban J connectivity index is 1.83. The van der Waals surface area contributed by atoms with Gasteiger partial charge in [0.1, 0.15) is 17.0 Å². The van der Waals surface area contributed by atoms with Crippen LogP contribution in [0.4, 0.5) is 0 Å². The SMILES string of the molecule is CN1CCSCC1c1nc(-c2cc(C(=O)O)co2)cs1. The molecular formula is C13H14N2O3S2. The molecule has 0 amide bonds. The van der Waals surface area contributed by atoms with Gasteiger partial charge in [-0.3, -0.25) is 4.90 Å². The summed E-state index contributed by atoms with van der Waals surface area (Å²) in [6.45, 7) is 1.06. The number of carboxylic acid groups (broad SMARTS) is 1. The monoisotopic (exact) mass is 310 g/mol. The number of carbonyl (C=O) groups is 1. The van der Waals surface area contributed by atoms with Crippen LogP contribution in [0.5, 0.6) is 0 Å². The van der Waals surface area contributed by atoms with Crippen LogP contribution in [-0.4, -0.2) is 46.1 Å². The highest BCUT2D eigenvalue weighted by molar-refractivity contribution is 7.99. The maximum atomic E-state index is 10.9. The van der Waals surface area contributed by atoms with Crippen molar-refractivity contribution in [3.63, 3.8) is 0 Å². The molecule has 5 nitrogen and oxygen atoms in total. The molecule has 0 aliphatic carbocycles. The van der Waals surface area contributed by atoms with Crippen LogP contribution in [0.3, 0.4) is 0 Å². The quantitative estimate of drug-likeness (QED) is 0.940. The van der Waals surface area contributed by atoms with Gasteiger partial charge in [0.25, 0.3) is 0 Å². The van der Waals surface area contributed by atoms with E-state index in [1.54, 1.807) is 11.3 Å². The van der Waals surface area contributed by atoms with Gasteiger partial charge in [-0.15, -0.1) is 11.3 Å². The molecular weight excluding hydrogens is 296 g/mol. The fraction of sp³-hybridized carbons (Fsp3) is 0.385. The summed E-state index contributed by atoms with van der Waals surface area (Å²) in [5.41, 5.74) is 0.862. The van der Waals surface area contributed by atoms with Crippen molar-refractivity contribution in [2.45, 2.75) is 6.04 Å². The van der Waals surface area contributed by atoms with Gasteiger partial charge in [-0.2, -0.15) is 11.8 Å². The number of thiazole rings is 1. The van der Waals surface area contributed by atoms with Gasteiger partial charge in [-0.05, 0) is 7.05 Å². The van der Waals surface area contributed by atoms with Crippen LogP contribution in [0.2, 0.25) is 0 Å². The number of hydrogen-bond acceptors (Lipinski definition) is 6. The number of nitrogens with zero attached hydrogens (tertiary/aromatic N) is 2. The van der Waals surface area contributed by atoms with Gasteiger partial charge in [0.15, 0.2) is 5.76 Å². The van der Waals surface area contributed by atoms with Crippen molar-refractivity contribution in [1.82, 2.24) is 9.88 Å². The molecule has 0 saturated carbocycles. The third-order valence-electron chi connectivity index (χ3n) is 3.30. The molecule has 1 aliphatic rings. The molecule has 1 atom stereocenters. The fourth-order valence-electron chi connectivity index (χ4n) is 2.08. The summed E-state index contributed by atoms with van der Waals surface area (Å²) >= 11 is 3.54. The molecule has 3 heterocycles. The molecule has 1 aliphatic heterocycles. The van der Waals surface area contributed by atoms with Gasteiger partial charge in [-0.1, -0.05) is 0 Å². The molecule has 0 radical (unpaired) electrons. The second kappa shape index (κ2) is 5.59. The molecule has 0 aromatic carbocycles. The van der Waals surface area contributed by atoms with E-state index in [-0.39, 0.29) is 5.56 Å². The molecule has 3 rings (SSSR count). The maximum absolute atomic E-state index is 10.9. The lowest BCUT2D eigenvalue weighted by Gasteiger charge is -2.30. The number of carboxylic acids is 1. The van der Waals surface area contributed by atoms with Crippen molar-refractivity contribution >= 4 is 29.1 Å². The Kier molecular flexibility index (Phi) is 3.82. The van der Waals surface area contributed by atoms with Crippen LogP contribution < -0.4 is 0 Å². The summed E-state index contributed by atoms with van der Waals surface area (Å²) in [5, 5.41) is 11.9. The van der Waals surface area contributed by atoms with E-state index < -0.39 is 5.97 Å². The van der Waals surface area contributed by atoms with Crippen LogP contribution in [0.1, 0.15) is 21.4 Å². The lowest BCUT2D eigenvalue weighted by Crippen LogP contribution is -2.32. The molecule has 0 spiro atoms. The van der Waals surface area contributed by atoms with E-state index in [0.717, 1.165) is 23.1 Å². The number of furan rings is 1. The molecule has 1 N–H and O–H groups in total. The Morgan fingerprint density at radius 1 is 1.60 bits per heavy atom. The van der Waals surface area contributed by atoms with Gasteiger partial charge in [0, 0.05) is 29.5 Å². The zero-order valence-corrected chi connectivity index (χ0v) is 12.5. The fourth-order valence-corrected chi connectivity index (χ4v) is 4.38. The highest BCUT2D eigenvalue weighted by atomic mass is 32.2. The van der Waals surface area contributed by atoms with Gasteiger partial charge in [0.05, 0.1) is 11.6 Å². The van der Waals surface area contributed by atoms with E-state index in [1.165, 1.54) is 12.3 Å². The molecule has 7 heteroatoms. The first-order valence-corrected chi connectivity index (χ1v) is 8.24. The first-order valence-electron chi connectivity index (χ1n) is 6.21. The second-order valence-corrected chi connectivity index (χ2v) is 6.69. The number of aromatic carboxylic acids is 1. The van der Waals surface area contributed by atoms with Crippen LogP contribution in [0, 0.1) is 0 Å². The Labute approximate surface area is 124 Å². The number of aromatic nitrogens is 1.